The van der Waals surface area contributed by atoms with Crippen LogP contribution in [0.3, 0.4) is 0 Å². The highest BCUT2D eigenvalue weighted by Crippen LogP contribution is 2.19. The molecule has 0 fully saturated rings. The van der Waals surface area contributed by atoms with Crippen LogP contribution in [0.2, 0.25) is 0 Å². The van der Waals surface area contributed by atoms with E-state index in [0.717, 1.165) is 10.9 Å². The fourth-order valence-electron chi connectivity index (χ4n) is 3.77. The first-order valence-corrected chi connectivity index (χ1v) is 13.3. The maximum absolute atomic E-state index is 13.3. The van der Waals surface area contributed by atoms with Crippen LogP contribution in [-0.2, 0) is 35.2 Å². The van der Waals surface area contributed by atoms with E-state index in [0.29, 0.717) is 11.3 Å². The number of H-pyrrole nitrogens is 1. The molecular formula is C24H33N7O7S. The van der Waals surface area contributed by atoms with Crippen LogP contribution in [-0.4, -0.2) is 81.8 Å². The van der Waals surface area contributed by atoms with E-state index in [9.17, 15) is 33.9 Å². The third-order valence-corrected chi connectivity index (χ3v) is 6.40. The van der Waals surface area contributed by atoms with Crippen molar-refractivity contribution in [1.29, 1.82) is 0 Å². The number of nitrogens with two attached hydrogens (primary N) is 3. The van der Waals surface area contributed by atoms with Gasteiger partial charge < -0.3 is 43.2 Å². The lowest BCUT2D eigenvalue weighted by Crippen LogP contribution is -2.58. The molecule has 0 bridgehead atoms. The van der Waals surface area contributed by atoms with Crippen LogP contribution in [0.5, 0.6) is 0 Å². The van der Waals surface area contributed by atoms with Gasteiger partial charge in [0, 0.05) is 23.5 Å². The zero-order valence-electron chi connectivity index (χ0n) is 21.3. The van der Waals surface area contributed by atoms with Crippen LogP contribution in [0, 0.1) is 0 Å². The van der Waals surface area contributed by atoms with E-state index in [2.05, 4.69) is 20.9 Å². The molecule has 0 saturated carbocycles. The van der Waals surface area contributed by atoms with Gasteiger partial charge in [-0.05, 0) is 30.1 Å². The molecule has 1 aromatic heterocycles. The summed E-state index contributed by atoms with van der Waals surface area (Å²) in [5.41, 5.74) is 17.3. The summed E-state index contributed by atoms with van der Waals surface area (Å²) in [6, 6.07) is 1.94. The average molecular weight is 564 g/mol. The van der Waals surface area contributed by atoms with Crippen LogP contribution >= 0.6 is 11.8 Å². The third-order valence-electron chi connectivity index (χ3n) is 5.75. The number of primary amides is 2. The average Bonchev–Trinajstić information content (AvgIpc) is 3.27. The number of aromatic nitrogens is 1. The standard InChI is InChI=1S/C24H33N7O7S/c1-39-7-6-16(29-21(34)14(25)9-19(26)32)22(35)30-17(23(36)31-18(24(37)38)10-20(27)33)8-12-11-28-15-5-3-2-4-13(12)15/h2-5,11,14,16-18,28H,6-10,25H2,1H3,(H2,26,32)(H2,27,33)(H,29,34)(H,30,35)(H,31,36)(H,37,38). The van der Waals surface area contributed by atoms with Crippen LogP contribution in [0.4, 0.5) is 0 Å². The van der Waals surface area contributed by atoms with Crippen LogP contribution in [0.1, 0.15) is 24.8 Å². The molecule has 2 aromatic rings. The Morgan fingerprint density at radius 3 is 2.10 bits per heavy atom. The number of carbonyl (C=O) groups excluding carboxylic acids is 5. The normalized spacial score (nSPS) is 14.0. The van der Waals surface area contributed by atoms with Crippen molar-refractivity contribution in [2.24, 2.45) is 17.2 Å². The number of fused-ring (bicyclic) bond motifs is 1. The zero-order chi connectivity index (χ0) is 29.1. The smallest absolute Gasteiger partial charge is 0.326 e. The van der Waals surface area contributed by atoms with Gasteiger partial charge in [-0.3, -0.25) is 24.0 Å². The summed E-state index contributed by atoms with van der Waals surface area (Å²) < 4.78 is 0. The van der Waals surface area contributed by atoms with Crippen molar-refractivity contribution >= 4 is 58.2 Å². The minimum Gasteiger partial charge on any atom is -0.480 e. The van der Waals surface area contributed by atoms with Gasteiger partial charge in [0.15, 0.2) is 0 Å². The van der Waals surface area contributed by atoms with Gasteiger partial charge >= 0.3 is 5.97 Å². The number of hydrogen-bond acceptors (Lipinski definition) is 8. The predicted octanol–water partition coefficient (Wildman–Crippen LogP) is -1.92. The minimum atomic E-state index is -1.61. The Balaban J connectivity index is 2.32. The number of nitrogens with one attached hydrogen (secondary N) is 4. The predicted molar refractivity (Wildman–Crippen MR) is 144 cm³/mol. The quantitative estimate of drug-likeness (QED) is 0.113. The SMILES string of the molecule is CSCCC(NC(=O)C(N)CC(N)=O)C(=O)NC(Cc1c[nH]c2ccccc12)C(=O)NC(CC(N)=O)C(=O)O. The summed E-state index contributed by atoms with van der Waals surface area (Å²) in [6.07, 6.45) is 2.50. The number of aliphatic carboxylic acids is 1. The van der Waals surface area contributed by atoms with Crippen molar-refractivity contribution in [3.05, 3.63) is 36.0 Å². The number of rotatable bonds is 16. The number of thioether (sulfide) groups is 1. The summed E-state index contributed by atoms with van der Waals surface area (Å²) in [5, 5.41) is 17.5. The van der Waals surface area contributed by atoms with Gasteiger partial charge in [-0.15, -0.1) is 0 Å². The molecule has 0 aliphatic rings. The lowest BCUT2D eigenvalue weighted by molar-refractivity contribution is -0.143. The summed E-state index contributed by atoms with van der Waals surface area (Å²) in [4.78, 5) is 76.1. The lowest BCUT2D eigenvalue weighted by Gasteiger charge is -2.25. The Bertz CT molecular complexity index is 1220. The Morgan fingerprint density at radius 2 is 1.49 bits per heavy atom. The number of carboxylic acids is 1. The lowest BCUT2D eigenvalue weighted by atomic mass is 10.0. The summed E-state index contributed by atoms with van der Waals surface area (Å²) in [5.74, 6) is -5.13. The molecule has 0 aliphatic carbocycles. The van der Waals surface area contributed by atoms with E-state index in [1.165, 1.54) is 11.8 Å². The number of para-hydroxylation sites is 1. The van der Waals surface area contributed by atoms with Gasteiger partial charge in [-0.25, -0.2) is 4.79 Å². The summed E-state index contributed by atoms with van der Waals surface area (Å²) >= 11 is 1.41. The maximum atomic E-state index is 13.3. The summed E-state index contributed by atoms with van der Waals surface area (Å²) in [7, 11) is 0. The van der Waals surface area contributed by atoms with Gasteiger partial charge in [0.1, 0.15) is 18.1 Å². The first-order valence-electron chi connectivity index (χ1n) is 11.9. The molecule has 0 spiro atoms. The molecule has 39 heavy (non-hydrogen) atoms. The molecule has 0 aliphatic heterocycles. The highest BCUT2D eigenvalue weighted by Gasteiger charge is 2.31. The van der Waals surface area contributed by atoms with Gasteiger partial charge in [-0.2, -0.15) is 11.8 Å². The van der Waals surface area contributed by atoms with E-state index >= 15 is 0 Å². The van der Waals surface area contributed by atoms with Crippen molar-refractivity contribution in [3.63, 3.8) is 0 Å². The minimum absolute atomic E-state index is 0.0467. The second kappa shape index (κ2) is 14.7. The topological polar surface area (TPSA) is 253 Å². The molecule has 2 rings (SSSR count). The van der Waals surface area contributed by atoms with E-state index in [-0.39, 0.29) is 12.8 Å². The first-order chi connectivity index (χ1) is 18.4. The highest BCUT2D eigenvalue weighted by atomic mass is 32.2. The van der Waals surface area contributed by atoms with Crippen LogP contribution in [0.25, 0.3) is 10.9 Å². The second-order valence-electron chi connectivity index (χ2n) is 8.81. The van der Waals surface area contributed by atoms with Crippen molar-refractivity contribution in [2.75, 3.05) is 12.0 Å². The monoisotopic (exact) mass is 563 g/mol. The van der Waals surface area contributed by atoms with Gasteiger partial charge in [-0.1, -0.05) is 18.2 Å². The van der Waals surface area contributed by atoms with Gasteiger partial charge in [0.2, 0.25) is 29.5 Å². The molecule has 15 heteroatoms. The first kappa shape index (κ1) is 31.1. The Kier molecular flexibility index (Phi) is 11.7. The van der Waals surface area contributed by atoms with E-state index in [4.69, 9.17) is 17.2 Å². The Morgan fingerprint density at radius 1 is 0.897 bits per heavy atom. The molecule has 0 radical (unpaired) electrons. The molecule has 4 unspecified atom stereocenters. The van der Waals surface area contributed by atoms with Crippen molar-refractivity contribution in [2.45, 2.75) is 49.9 Å². The number of amides is 5. The molecule has 5 amide bonds. The van der Waals surface area contributed by atoms with Crippen molar-refractivity contribution < 1.29 is 33.9 Å². The van der Waals surface area contributed by atoms with Gasteiger partial charge in [0.05, 0.1) is 18.9 Å². The largest absolute Gasteiger partial charge is 0.480 e. The molecular weight excluding hydrogens is 530 g/mol. The van der Waals surface area contributed by atoms with E-state index in [1.807, 2.05) is 18.2 Å². The fourth-order valence-corrected chi connectivity index (χ4v) is 4.24. The van der Waals surface area contributed by atoms with E-state index < -0.39 is 72.5 Å². The van der Waals surface area contributed by atoms with Crippen LogP contribution in [0.15, 0.2) is 30.5 Å². The molecule has 1 aromatic carbocycles. The molecule has 4 atom stereocenters. The Labute approximate surface area is 228 Å². The van der Waals surface area contributed by atoms with Crippen LogP contribution < -0.4 is 33.2 Å². The zero-order valence-corrected chi connectivity index (χ0v) is 22.1. The molecule has 11 N–H and O–H groups in total. The highest BCUT2D eigenvalue weighted by molar-refractivity contribution is 7.98. The molecule has 1 heterocycles. The number of aromatic amines is 1. The number of carboxylic acid groups (broad SMARTS) is 1. The molecule has 14 nitrogen and oxygen atoms in total. The molecule has 0 saturated heterocycles. The number of hydrogen-bond donors (Lipinski definition) is 8. The van der Waals surface area contributed by atoms with Crippen molar-refractivity contribution in [1.82, 2.24) is 20.9 Å². The Hall–Kier alpha value is -4.11. The number of carbonyl (C=O) groups is 6. The van der Waals surface area contributed by atoms with Crippen molar-refractivity contribution in [3.8, 4) is 0 Å². The van der Waals surface area contributed by atoms with E-state index in [1.54, 1.807) is 18.5 Å². The number of benzene rings is 1. The fraction of sp³-hybridized carbons (Fsp3) is 0.417. The molecule has 212 valence electrons. The second-order valence-corrected chi connectivity index (χ2v) is 9.80. The van der Waals surface area contributed by atoms with Gasteiger partial charge in [0.25, 0.3) is 0 Å². The maximum Gasteiger partial charge on any atom is 0.326 e. The third kappa shape index (κ3) is 9.61. The summed E-state index contributed by atoms with van der Waals surface area (Å²) in [6.45, 7) is 0.